The van der Waals surface area contributed by atoms with Crippen molar-refractivity contribution in [2.75, 3.05) is 5.01 Å². The lowest BCUT2D eigenvalue weighted by Crippen LogP contribution is -2.64. The number of imidazole rings is 1. The third-order valence-corrected chi connectivity index (χ3v) is 5.71. The largest absolute Gasteiger partial charge is 0.454 e. The summed E-state index contributed by atoms with van der Waals surface area (Å²) in [6, 6.07) is 7.87. The number of halogens is 2. The first-order chi connectivity index (χ1) is 15.4. The lowest BCUT2D eigenvalue weighted by molar-refractivity contribution is -0.121. The molecule has 1 aromatic heterocycles. The Balaban J connectivity index is 1.46. The highest BCUT2D eigenvalue weighted by atomic mass is 35.5. The molecule has 12 heteroatoms. The number of ether oxygens (including phenoxy) is 1. The standard InChI is InChI=1S/C20H14Cl2N6O4/c21-12-5-10(28-20(31)25-18(29)15(8-23)26-28)6-13(22)17(12)32-11-3-4-14-16(7-11)27(9-1-2-9)19(30)24-14/h3-7,9,15,26H,1-2H2,(H,24,30)(H,25,29,31). The maximum atomic E-state index is 12.2. The number of benzene rings is 2. The van der Waals surface area contributed by atoms with Crippen molar-refractivity contribution < 1.29 is 14.3 Å². The number of nitrogens with one attached hydrogen (secondary N) is 3. The molecule has 2 aliphatic rings. The number of rotatable bonds is 4. The number of hydrazine groups is 1. The second kappa shape index (κ2) is 7.56. The minimum atomic E-state index is -1.25. The summed E-state index contributed by atoms with van der Waals surface area (Å²) >= 11 is 12.8. The van der Waals surface area contributed by atoms with E-state index >= 15 is 0 Å². The molecule has 162 valence electrons. The monoisotopic (exact) mass is 472 g/mol. The minimum absolute atomic E-state index is 0.0984. The van der Waals surface area contributed by atoms with Crippen LogP contribution in [0.4, 0.5) is 10.5 Å². The molecule has 2 heterocycles. The first-order valence-electron chi connectivity index (χ1n) is 9.57. The van der Waals surface area contributed by atoms with Gasteiger partial charge >= 0.3 is 11.7 Å². The average molecular weight is 473 g/mol. The Bertz CT molecular complexity index is 1360. The molecule has 1 saturated heterocycles. The Kier molecular flexibility index (Phi) is 4.82. The number of fused-ring (bicyclic) bond motifs is 1. The van der Waals surface area contributed by atoms with Crippen LogP contribution >= 0.6 is 23.2 Å². The SMILES string of the molecule is N#CC1NN(c2cc(Cl)c(Oc3ccc4[nH]c(=O)n(C5CC5)c4c3)c(Cl)c2)C(=O)NC1=O. The number of H-pyrrole nitrogens is 1. The number of nitrogens with zero attached hydrogens (tertiary/aromatic N) is 3. The summed E-state index contributed by atoms with van der Waals surface area (Å²) in [5.74, 6) is -0.181. The molecule has 1 atom stereocenters. The number of carbonyl (C=O) groups is 2. The number of hydrogen-bond donors (Lipinski definition) is 3. The van der Waals surface area contributed by atoms with E-state index in [0.29, 0.717) is 11.3 Å². The maximum absolute atomic E-state index is 12.2. The van der Waals surface area contributed by atoms with Gasteiger partial charge < -0.3 is 9.72 Å². The van der Waals surface area contributed by atoms with Crippen molar-refractivity contribution in [3.8, 4) is 17.6 Å². The van der Waals surface area contributed by atoms with Crippen molar-refractivity contribution in [2.45, 2.75) is 24.9 Å². The lowest BCUT2D eigenvalue weighted by atomic mass is 10.2. The molecule has 0 spiro atoms. The van der Waals surface area contributed by atoms with Gasteiger partial charge in [0.15, 0.2) is 11.8 Å². The van der Waals surface area contributed by atoms with E-state index in [-0.39, 0.29) is 33.2 Å². The molecule has 1 aliphatic carbocycles. The summed E-state index contributed by atoms with van der Waals surface area (Å²) < 4.78 is 7.61. The van der Waals surface area contributed by atoms with Gasteiger partial charge in [0.05, 0.1) is 32.8 Å². The van der Waals surface area contributed by atoms with Gasteiger partial charge in [-0.25, -0.2) is 14.6 Å². The van der Waals surface area contributed by atoms with Crippen LogP contribution in [0.15, 0.2) is 35.1 Å². The highest BCUT2D eigenvalue weighted by Crippen LogP contribution is 2.41. The molecule has 1 aliphatic heterocycles. The topological polar surface area (TPSA) is 132 Å². The summed E-state index contributed by atoms with van der Waals surface area (Å²) in [4.78, 5) is 38.8. The number of aromatic nitrogens is 2. The summed E-state index contributed by atoms with van der Waals surface area (Å²) in [5, 5.41) is 12.3. The Morgan fingerprint density at radius 2 is 1.81 bits per heavy atom. The van der Waals surface area contributed by atoms with E-state index < -0.39 is 18.0 Å². The molecule has 0 bridgehead atoms. The average Bonchev–Trinajstić information content (AvgIpc) is 3.52. The van der Waals surface area contributed by atoms with Gasteiger partial charge in [-0.05, 0) is 37.1 Å². The van der Waals surface area contributed by atoms with E-state index in [9.17, 15) is 14.4 Å². The van der Waals surface area contributed by atoms with Gasteiger partial charge in [-0.2, -0.15) is 10.7 Å². The first kappa shape index (κ1) is 20.4. The van der Waals surface area contributed by atoms with Crippen molar-refractivity contribution >= 4 is 51.9 Å². The molecule has 2 fully saturated rings. The molecular formula is C20H14Cl2N6O4. The van der Waals surface area contributed by atoms with Gasteiger partial charge in [0.1, 0.15) is 5.75 Å². The van der Waals surface area contributed by atoms with E-state index in [1.807, 2.05) is 0 Å². The Hall–Kier alpha value is -3.52. The fourth-order valence-electron chi connectivity index (χ4n) is 3.51. The molecule has 32 heavy (non-hydrogen) atoms. The zero-order valence-electron chi connectivity index (χ0n) is 16.2. The summed E-state index contributed by atoms with van der Waals surface area (Å²) in [6.07, 6.45) is 1.90. The molecule has 3 aromatic rings. The molecular weight excluding hydrogens is 459 g/mol. The predicted molar refractivity (Wildman–Crippen MR) is 116 cm³/mol. The van der Waals surface area contributed by atoms with E-state index in [1.165, 1.54) is 12.1 Å². The van der Waals surface area contributed by atoms with Crippen LogP contribution in [0.3, 0.4) is 0 Å². The Morgan fingerprint density at radius 1 is 1.09 bits per heavy atom. The molecule has 3 N–H and O–H groups in total. The van der Waals surface area contributed by atoms with Crippen molar-refractivity contribution in [1.29, 1.82) is 5.26 Å². The normalized spacial score (nSPS) is 18.5. The van der Waals surface area contributed by atoms with Gasteiger partial charge in [-0.15, -0.1) is 0 Å². The van der Waals surface area contributed by atoms with Crippen LogP contribution in [-0.4, -0.2) is 27.5 Å². The maximum Gasteiger partial charge on any atom is 0.343 e. The summed E-state index contributed by atoms with van der Waals surface area (Å²) in [5.41, 5.74) is 3.97. The third kappa shape index (κ3) is 3.46. The molecule has 1 saturated carbocycles. The molecule has 0 radical (unpaired) electrons. The summed E-state index contributed by atoms with van der Waals surface area (Å²) in [6.45, 7) is 0. The number of nitriles is 1. The zero-order chi connectivity index (χ0) is 22.6. The van der Waals surface area contributed by atoms with Crippen molar-refractivity contribution in [1.82, 2.24) is 20.3 Å². The van der Waals surface area contributed by atoms with Gasteiger partial charge in [0, 0.05) is 12.1 Å². The van der Waals surface area contributed by atoms with E-state index in [0.717, 1.165) is 23.4 Å². The lowest BCUT2D eigenvalue weighted by Gasteiger charge is -2.30. The number of hydrogen-bond acceptors (Lipinski definition) is 6. The first-order valence-corrected chi connectivity index (χ1v) is 10.3. The van der Waals surface area contributed by atoms with Crippen molar-refractivity contribution in [2.24, 2.45) is 0 Å². The minimum Gasteiger partial charge on any atom is -0.454 e. The molecule has 5 rings (SSSR count). The van der Waals surface area contributed by atoms with Crippen LogP contribution in [0.2, 0.25) is 10.0 Å². The molecule has 10 nitrogen and oxygen atoms in total. The van der Waals surface area contributed by atoms with Crippen LogP contribution < -0.4 is 26.2 Å². The zero-order valence-corrected chi connectivity index (χ0v) is 17.7. The van der Waals surface area contributed by atoms with Crippen LogP contribution in [0, 0.1) is 11.3 Å². The fourth-order valence-corrected chi connectivity index (χ4v) is 4.06. The third-order valence-electron chi connectivity index (χ3n) is 5.15. The van der Waals surface area contributed by atoms with Crippen molar-refractivity contribution in [3.05, 3.63) is 50.9 Å². The number of urea groups is 1. The van der Waals surface area contributed by atoms with E-state index in [2.05, 4.69) is 15.7 Å². The van der Waals surface area contributed by atoms with Crippen LogP contribution in [-0.2, 0) is 4.79 Å². The Morgan fingerprint density at radius 3 is 2.47 bits per heavy atom. The van der Waals surface area contributed by atoms with Gasteiger partial charge in [-0.3, -0.25) is 14.7 Å². The highest BCUT2D eigenvalue weighted by Gasteiger charge is 2.33. The second-order valence-electron chi connectivity index (χ2n) is 7.37. The number of anilines is 1. The number of carbonyl (C=O) groups excluding carboxylic acids is 2. The van der Waals surface area contributed by atoms with E-state index in [1.54, 1.807) is 28.8 Å². The fraction of sp³-hybridized carbons (Fsp3) is 0.200. The quantitative estimate of drug-likeness (QED) is 0.533. The van der Waals surface area contributed by atoms with Crippen LogP contribution in [0.5, 0.6) is 11.5 Å². The van der Waals surface area contributed by atoms with Crippen LogP contribution in [0.1, 0.15) is 18.9 Å². The van der Waals surface area contributed by atoms with Gasteiger partial charge in [-0.1, -0.05) is 23.2 Å². The van der Waals surface area contributed by atoms with Crippen molar-refractivity contribution in [3.63, 3.8) is 0 Å². The van der Waals surface area contributed by atoms with Gasteiger partial charge in [0.2, 0.25) is 0 Å². The predicted octanol–water partition coefficient (Wildman–Crippen LogP) is 3.22. The highest BCUT2D eigenvalue weighted by molar-refractivity contribution is 6.37. The second-order valence-corrected chi connectivity index (χ2v) is 8.19. The number of aromatic amines is 1. The van der Waals surface area contributed by atoms with Gasteiger partial charge in [0.25, 0.3) is 5.91 Å². The molecule has 2 aromatic carbocycles. The molecule has 1 unspecified atom stereocenters. The number of imide groups is 1. The van der Waals surface area contributed by atoms with E-state index in [4.69, 9.17) is 33.2 Å². The summed E-state index contributed by atoms with van der Waals surface area (Å²) in [7, 11) is 0. The Labute approximate surface area is 190 Å². The van der Waals surface area contributed by atoms with Crippen LogP contribution in [0.25, 0.3) is 11.0 Å². The number of amides is 3. The smallest absolute Gasteiger partial charge is 0.343 e. The molecule has 3 amide bonds.